The predicted octanol–water partition coefficient (Wildman–Crippen LogP) is 29.5. The van der Waals surface area contributed by atoms with Gasteiger partial charge in [-0.05, 0) is 235 Å². The van der Waals surface area contributed by atoms with Gasteiger partial charge < -0.3 is 19.6 Å². The van der Waals surface area contributed by atoms with E-state index in [2.05, 4.69) is 462 Å². The third-order valence-electron chi connectivity index (χ3n) is 20.9. The number of hydrogen-bond donors (Lipinski definition) is 0. The summed E-state index contributed by atoms with van der Waals surface area (Å²) in [6.07, 6.45) is 9.88. The molecule has 0 spiro atoms. The van der Waals surface area contributed by atoms with E-state index in [-0.39, 0.29) is 0 Å². The summed E-state index contributed by atoms with van der Waals surface area (Å²) in [5.41, 5.74) is 28.3. The highest BCUT2D eigenvalue weighted by Gasteiger charge is 2.22. The van der Waals surface area contributed by atoms with E-state index in [1.165, 1.54) is 38.2 Å². The summed E-state index contributed by atoms with van der Waals surface area (Å²) >= 11 is 0. The van der Waals surface area contributed by atoms with Gasteiger partial charge in [-0.3, -0.25) is 0 Å². The normalized spacial score (nSPS) is 12.4. The van der Waals surface area contributed by atoms with Crippen molar-refractivity contribution in [3.63, 3.8) is 0 Å². The molecule has 0 heterocycles. The van der Waals surface area contributed by atoms with Crippen LogP contribution in [0.5, 0.6) is 0 Å². The lowest BCUT2D eigenvalue weighted by Gasteiger charge is -2.27. The SMILES string of the molecule is C1=CCC(c2ccc(N(c3ccc(-c4ccc(N(c5ccc(-c6cccc(-c7ccc(N(c8ccccc8)c8cccc9ccccc89)cc7)c6)cc5)c5cccc6ccccc56)cc4)cc3)c3cccc(-c4cccc(-c5cccc(N(c6ccccc6)c6ccc(-c7ccccc7)cc6)c5)c4)c3)cc2)C=C1. The topological polar surface area (TPSA) is 13.0 Å². The molecule has 1 aliphatic rings. The molecule has 17 aromatic rings. The molecule has 4 nitrogen and oxygen atoms in total. The first kappa shape index (κ1) is 65.9. The molecule has 4 heteroatoms. The lowest BCUT2D eigenvalue weighted by molar-refractivity contribution is 0.854. The Morgan fingerprint density at radius 3 is 0.852 bits per heavy atom. The van der Waals surface area contributed by atoms with Crippen LogP contribution in [0.4, 0.5) is 68.2 Å². The van der Waals surface area contributed by atoms with Crippen LogP contribution in [0.25, 0.3) is 88.3 Å². The molecule has 108 heavy (non-hydrogen) atoms. The van der Waals surface area contributed by atoms with Gasteiger partial charge in [0.25, 0.3) is 0 Å². The van der Waals surface area contributed by atoms with Gasteiger partial charge in [-0.1, -0.05) is 297 Å². The lowest BCUT2D eigenvalue weighted by atomic mass is 9.92. The van der Waals surface area contributed by atoms with E-state index in [0.29, 0.717) is 5.92 Å². The second-order valence-electron chi connectivity index (χ2n) is 27.6. The van der Waals surface area contributed by atoms with Crippen LogP contribution in [0.1, 0.15) is 17.9 Å². The number of nitrogens with zero attached hydrogens (tertiary/aromatic N) is 4. The Labute approximate surface area is 632 Å². The van der Waals surface area contributed by atoms with Crippen molar-refractivity contribution >= 4 is 89.8 Å². The van der Waals surface area contributed by atoms with Crippen LogP contribution >= 0.6 is 0 Å². The van der Waals surface area contributed by atoms with Crippen molar-refractivity contribution in [1.82, 2.24) is 0 Å². The zero-order valence-electron chi connectivity index (χ0n) is 59.7. The van der Waals surface area contributed by atoms with Crippen molar-refractivity contribution in [1.29, 1.82) is 0 Å². The second kappa shape index (κ2) is 30.0. The quantitative estimate of drug-likeness (QED) is 0.0800. The first-order valence-electron chi connectivity index (χ1n) is 37.2. The van der Waals surface area contributed by atoms with Gasteiger partial charge in [0.15, 0.2) is 0 Å². The van der Waals surface area contributed by atoms with E-state index in [9.17, 15) is 0 Å². The van der Waals surface area contributed by atoms with E-state index in [1.807, 2.05) is 0 Å². The Morgan fingerprint density at radius 1 is 0.185 bits per heavy atom. The van der Waals surface area contributed by atoms with Gasteiger partial charge in [0.1, 0.15) is 0 Å². The van der Waals surface area contributed by atoms with Gasteiger partial charge in [-0.25, -0.2) is 0 Å². The molecule has 0 saturated heterocycles. The third-order valence-corrected chi connectivity index (χ3v) is 20.9. The van der Waals surface area contributed by atoms with Crippen LogP contribution in [0.2, 0.25) is 0 Å². The molecule has 0 aromatic heterocycles. The molecule has 18 rings (SSSR count). The second-order valence-corrected chi connectivity index (χ2v) is 27.6. The molecular formula is C104H76N4. The number of benzene rings is 17. The van der Waals surface area contributed by atoms with Crippen LogP contribution in [0.3, 0.4) is 0 Å². The van der Waals surface area contributed by atoms with Crippen LogP contribution in [-0.4, -0.2) is 0 Å². The lowest BCUT2D eigenvalue weighted by Crippen LogP contribution is -2.10. The van der Waals surface area contributed by atoms with Gasteiger partial charge in [0.05, 0.1) is 11.4 Å². The molecule has 1 aliphatic carbocycles. The molecule has 1 unspecified atom stereocenters. The Morgan fingerprint density at radius 2 is 0.454 bits per heavy atom. The van der Waals surface area contributed by atoms with Crippen molar-refractivity contribution in [3.05, 3.63) is 448 Å². The van der Waals surface area contributed by atoms with E-state index < -0.39 is 0 Å². The molecule has 0 bridgehead atoms. The Bertz CT molecular complexity index is 6040. The standard InChI is InChI=1S/C104H76N4/c1-5-23-75(24-6-1)77-47-59-93(60-48-77)105(91-37-9-3-10-38-91)99-41-19-35-89(73-99)87-33-18-34-88(72-87)90-36-20-42-100(74-90)106(94-61-49-78(50-62-94)76-25-7-2-8-26-76)95-63-51-79(52-64-95)80-53-65-97(66-54-80)108(104-46-22-30-84-28-14-16-44-102(84)104)98-69-57-82(58-70-98)86-32-17-31-85(71-86)81-55-67-96(68-56-81)107(92-39-11-4-12-40-92)103-45-21-29-83-27-13-15-43-101(83)103/h1-25,27-74,76H,26H2. The summed E-state index contributed by atoms with van der Waals surface area (Å²) in [4.78, 5) is 9.49. The molecule has 17 aromatic carbocycles. The largest absolute Gasteiger partial charge is 0.310 e. The zero-order valence-corrected chi connectivity index (χ0v) is 59.7. The number of fused-ring (bicyclic) bond motifs is 2. The minimum Gasteiger partial charge on any atom is -0.310 e. The molecule has 0 N–H and O–H groups in total. The monoisotopic (exact) mass is 1380 g/mol. The van der Waals surface area contributed by atoms with Gasteiger partial charge in [-0.15, -0.1) is 0 Å². The fourth-order valence-electron chi connectivity index (χ4n) is 15.5. The maximum atomic E-state index is 2.40. The average Bonchev–Trinajstić information content (AvgIpc) is 0.763. The number of para-hydroxylation sites is 2. The van der Waals surface area contributed by atoms with Crippen LogP contribution in [0.15, 0.2) is 443 Å². The molecule has 1 atom stereocenters. The summed E-state index contributed by atoms with van der Waals surface area (Å²) in [6.45, 7) is 0. The van der Waals surface area contributed by atoms with Crippen LogP contribution in [-0.2, 0) is 0 Å². The maximum Gasteiger partial charge on any atom is 0.0540 e. The van der Waals surface area contributed by atoms with E-state index in [0.717, 1.165) is 130 Å². The van der Waals surface area contributed by atoms with Crippen molar-refractivity contribution in [2.45, 2.75) is 12.3 Å². The molecule has 0 amide bonds. The zero-order chi connectivity index (χ0) is 72.0. The first-order chi connectivity index (χ1) is 53.5. The minimum absolute atomic E-state index is 0.346. The molecular weight excluding hydrogens is 1310 g/mol. The Balaban J connectivity index is 0.628. The summed E-state index contributed by atoms with van der Waals surface area (Å²) in [5.74, 6) is 0.346. The smallest absolute Gasteiger partial charge is 0.0540 e. The Kier molecular flexibility index (Phi) is 18.3. The predicted molar refractivity (Wildman–Crippen MR) is 458 cm³/mol. The molecule has 512 valence electrons. The van der Waals surface area contributed by atoms with E-state index >= 15 is 0 Å². The van der Waals surface area contributed by atoms with Crippen molar-refractivity contribution in [2.75, 3.05) is 19.6 Å². The van der Waals surface area contributed by atoms with Gasteiger partial charge in [0.2, 0.25) is 0 Å². The fourth-order valence-corrected chi connectivity index (χ4v) is 15.5. The Hall–Kier alpha value is -14.1. The maximum absolute atomic E-state index is 2.40. The summed E-state index contributed by atoms with van der Waals surface area (Å²) in [7, 11) is 0. The van der Waals surface area contributed by atoms with Crippen molar-refractivity contribution < 1.29 is 0 Å². The van der Waals surface area contributed by atoms with Gasteiger partial charge >= 0.3 is 0 Å². The molecule has 0 radical (unpaired) electrons. The highest BCUT2D eigenvalue weighted by molar-refractivity contribution is 6.01. The van der Waals surface area contributed by atoms with Crippen LogP contribution in [0, 0.1) is 0 Å². The van der Waals surface area contributed by atoms with E-state index in [1.54, 1.807) is 0 Å². The van der Waals surface area contributed by atoms with Gasteiger partial charge in [-0.2, -0.15) is 0 Å². The first-order valence-corrected chi connectivity index (χ1v) is 37.2. The van der Waals surface area contributed by atoms with Crippen molar-refractivity contribution in [3.8, 4) is 66.8 Å². The highest BCUT2D eigenvalue weighted by atomic mass is 15.2. The number of hydrogen-bond acceptors (Lipinski definition) is 4. The summed E-state index contributed by atoms with van der Waals surface area (Å²) < 4.78 is 0. The minimum atomic E-state index is 0.346. The third kappa shape index (κ3) is 13.7. The molecule has 0 saturated carbocycles. The van der Waals surface area contributed by atoms with Crippen molar-refractivity contribution in [2.24, 2.45) is 0 Å². The summed E-state index contributed by atoms with van der Waals surface area (Å²) in [6, 6.07) is 152. The number of rotatable bonds is 19. The average molecular weight is 1380 g/mol. The molecule has 0 aliphatic heterocycles. The van der Waals surface area contributed by atoms with Crippen LogP contribution < -0.4 is 19.6 Å². The fraction of sp³-hybridized carbons (Fsp3) is 0.0192. The summed E-state index contributed by atoms with van der Waals surface area (Å²) in [5, 5.41) is 4.80. The number of anilines is 12. The molecule has 0 fully saturated rings. The number of allylic oxidation sites excluding steroid dienone is 4. The van der Waals surface area contributed by atoms with E-state index in [4.69, 9.17) is 0 Å². The van der Waals surface area contributed by atoms with Gasteiger partial charge in [0, 0.05) is 73.6 Å². The highest BCUT2D eigenvalue weighted by Crippen LogP contribution is 2.46.